The fourth-order valence-corrected chi connectivity index (χ4v) is 3.69. The number of carbonyl (C=O) groups excluding carboxylic acids is 1. The zero-order valence-electron chi connectivity index (χ0n) is 13.6. The van der Waals surface area contributed by atoms with Crippen LogP contribution >= 0.6 is 23.4 Å². The Labute approximate surface area is 155 Å². The summed E-state index contributed by atoms with van der Waals surface area (Å²) in [6.07, 6.45) is 0. The lowest BCUT2D eigenvalue weighted by Gasteiger charge is -2.16. The lowest BCUT2D eigenvalue weighted by Crippen LogP contribution is -2.19. The van der Waals surface area contributed by atoms with Crippen molar-refractivity contribution in [1.82, 2.24) is 5.16 Å². The summed E-state index contributed by atoms with van der Waals surface area (Å²) in [6.45, 7) is 1.78. The largest absolute Gasteiger partial charge is 0.360 e. The average molecular weight is 373 g/mol. The van der Waals surface area contributed by atoms with Gasteiger partial charge in [-0.15, -0.1) is 11.8 Å². The van der Waals surface area contributed by atoms with E-state index >= 15 is 0 Å². The first-order chi connectivity index (χ1) is 12.1. The van der Waals surface area contributed by atoms with Crippen LogP contribution in [-0.4, -0.2) is 11.1 Å². The van der Waals surface area contributed by atoms with Crippen molar-refractivity contribution in [2.45, 2.75) is 17.9 Å². The highest BCUT2D eigenvalue weighted by Gasteiger charge is 2.22. The minimum atomic E-state index is -0.364. The average Bonchev–Trinajstić information content (AvgIpc) is 3.01. The lowest BCUT2D eigenvalue weighted by atomic mass is 10.1. The van der Waals surface area contributed by atoms with E-state index in [1.807, 2.05) is 54.6 Å². The smallest absolute Gasteiger partial charge is 0.243 e. The number of aryl methyl sites for hydroxylation is 1. The zero-order valence-corrected chi connectivity index (χ0v) is 15.2. The SMILES string of the molecule is Cc1cc(NC(=O)C(SCc2cccc(Cl)c2)c2ccccc2)no1. The van der Waals surface area contributed by atoms with Gasteiger partial charge in [-0.3, -0.25) is 4.79 Å². The van der Waals surface area contributed by atoms with Crippen LogP contribution < -0.4 is 5.32 Å². The van der Waals surface area contributed by atoms with E-state index in [1.165, 1.54) is 0 Å². The summed E-state index contributed by atoms with van der Waals surface area (Å²) < 4.78 is 5.01. The van der Waals surface area contributed by atoms with E-state index in [1.54, 1.807) is 24.8 Å². The molecular weight excluding hydrogens is 356 g/mol. The lowest BCUT2D eigenvalue weighted by molar-refractivity contribution is -0.115. The van der Waals surface area contributed by atoms with Gasteiger partial charge in [0, 0.05) is 16.8 Å². The Morgan fingerprint density at radius 1 is 1.20 bits per heavy atom. The Hall–Kier alpha value is -2.24. The monoisotopic (exact) mass is 372 g/mol. The standard InChI is InChI=1S/C19H17ClN2O2S/c1-13-10-17(22-24-13)21-19(23)18(15-7-3-2-4-8-15)25-12-14-6-5-9-16(20)11-14/h2-11,18H,12H2,1H3,(H,21,22,23). The molecule has 1 N–H and O–H groups in total. The molecule has 0 saturated carbocycles. The number of rotatable bonds is 6. The van der Waals surface area contributed by atoms with Crippen molar-refractivity contribution in [3.63, 3.8) is 0 Å². The highest BCUT2D eigenvalue weighted by atomic mass is 35.5. The van der Waals surface area contributed by atoms with Gasteiger partial charge in [0.1, 0.15) is 11.0 Å². The van der Waals surface area contributed by atoms with Crippen molar-refractivity contribution in [3.8, 4) is 0 Å². The third-order valence-electron chi connectivity index (χ3n) is 3.53. The van der Waals surface area contributed by atoms with Crippen LogP contribution in [0, 0.1) is 6.92 Å². The summed E-state index contributed by atoms with van der Waals surface area (Å²) in [6, 6.07) is 19.0. The van der Waals surface area contributed by atoms with Gasteiger partial charge in [0.15, 0.2) is 5.82 Å². The number of anilines is 1. The molecule has 0 aliphatic rings. The molecule has 1 heterocycles. The Kier molecular flexibility index (Phi) is 5.79. The molecule has 4 nitrogen and oxygen atoms in total. The van der Waals surface area contributed by atoms with Gasteiger partial charge in [0.05, 0.1) is 0 Å². The Morgan fingerprint density at radius 3 is 2.68 bits per heavy atom. The van der Waals surface area contributed by atoms with Gasteiger partial charge in [0.2, 0.25) is 5.91 Å². The molecule has 25 heavy (non-hydrogen) atoms. The molecule has 1 amide bonds. The zero-order chi connectivity index (χ0) is 17.6. The van der Waals surface area contributed by atoms with Gasteiger partial charge in [0.25, 0.3) is 0 Å². The molecule has 3 rings (SSSR count). The number of carbonyl (C=O) groups is 1. The van der Waals surface area contributed by atoms with E-state index < -0.39 is 0 Å². The number of aromatic nitrogens is 1. The summed E-state index contributed by atoms with van der Waals surface area (Å²) in [7, 11) is 0. The molecule has 0 saturated heterocycles. The van der Waals surface area contributed by atoms with E-state index in [2.05, 4.69) is 10.5 Å². The van der Waals surface area contributed by atoms with Crippen molar-refractivity contribution >= 4 is 35.1 Å². The van der Waals surface area contributed by atoms with E-state index in [-0.39, 0.29) is 11.2 Å². The molecule has 0 aliphatic carbocycles. The quantitative estimate of drug-likeness (QED) is 0.642. The molecule has 3 aromatic rings. The van der Waals surface area contributed by atoms with Crippen LogP contribution in [0.15, 0.2) is 65.2 Å². The highest BCUT2D eigenvalue weighted by Crippen LogP contribution is 2.33. The van der Waals surface area contributed by atoms with E-state index in [9.17, 15) is 4.79 Å². The maximum atomic E-state index is 12.8. The third kappa shape index (κ3) is 4.87. The van der Waals surface area contributed by atoms with Crippen LogP contribution in [0.3, 0.4) is 0 Å². The maximum Gasteiger partial charge on any atom is 0.243 e. The summed E-state index contributed by atoms with van der Waals surface area (Å²) in [4.78, 5) is 12.8. The molecule has 0 aliphatic heterocycles. The van der Waals surface area contributed by atoms with Crippen molar-refractivity contribution in [3.05, 3.63) is 82.6 Å². The molecule has 0 fully saturated rings. The minimum absolute atomic E-state index is 0.133. The molecule has 1 unspecified atom stereocenters. The number of halogens is 1. The van der Waals surface area contributed by atoms with Gasteiger partial charge < -0.3 is 9.84 Å². The molecular formula is C19H17ClN2O2S. The van der Waals surface area contributed by atoms with Crippen LogP contribution in [0.1, 0.15) is 22.1 Å². The third-order valence-corrected chi connectivity index (χ3v) is 5.08. The number of hydrogen-bond donors (Lipinski definition) is 1. The van der Waals surface area contributed by atoms with Crippen LogP contribution in [-0.2, 0) is 10.5 Å². The van der Waals surface area contributed by atoms with Crippen molar-refractivity contribution < 1.29 is 9.32 Å². The van der Waals surface area contributed by atoms with E-state index in [4.69, 9.17) is 16.1 Å². The normalized spacial score (nSPS) is 11.9. The summed E-state index contributed by atoms with van der Waals surface area (Å²) in [5.41, 5.74) is 2.01. The van der Waals surface area contributed by atoms with Gasteiger partial charge in [-0.25, -0.2) is 0 Å². The maximum absolute atomic E-state index is 12.8. The predicted molar refractivity (Wildman–Crippen MR) is 102 cm³/mol. The van der Waals surface area contributed by atoms with Crippen molar-refractivity contribution in [1.29, 1.82) is 0 Å². The van der Waals surface area contributed by atoms with Gasteiger partial charge in [-0.05, 0) is 30.2 Å². The minimum Gasteiger partial charge on any atom is -0.360 e. The number of hydrogen-bond acceptors (Lipinski definition) is 4. The van der Waals surface area contributed by atoms with Crippen LogP contribution in [0.2, 0.25) is 5.02 Å². The van der Waals surface area contributed by atoms with Crippen LogP contribution in [0.4, 0.5) is 5.82 Å². The predicted octanol–water partition coefficient (Wildman–Crippen LogP) is 5.25. The number of thioether (sulfide) groups is 1. The Balaban J connectivity index is 1.76. The van der Waals surface area contributed by atoms with E-state index in [0.29, 0.717) is 22.4 Å². The Bertz CT molecular complexity index is 851. The molecule has 1 aromatic heterocycles. The van der Waals surface area contributed by atoms with Crippen molar-refractivity contribution in [2.75, 3.05) is 5.32 Å². The second-order valence-corrected chi connectivity index (χ2v) is 7.07. The fraction of sp³-hybridized carbons (Fsp3) is 0.158. The molecule has 0 spiro atoms. The number of nitrogens with zero attached hydrogens (tertiary/aromatic N) is 1. The fourth-order valence-electron chi connectivity index (χ4n) is 2.37. The highest BCUT2D eigenvalue weighted by molar-refractivity contribution is 7.99. The number of nitrogens with one attached hydrogen (secondary N) is 1. The second kappa shape index (κ2) is 8.23. The first kappa shape index (κ1) is 17.6. The molecule has 2 aromatic carbocycles. The molecule has 0 radical (unpaired) electrons. The van der Waals surface area contributed by atoms with Crippen LogP contribution in [0.25, 0.3) is 0 Å². The number of amides is 1. The van der Waals surface area contributed by atoms with Crippen molar-refractivity contribution in [2.24, 2.45) is 0 Å². The number of benzene rings is 2. The van der Waals surface area contributed by atoms with Gasteiger partial charge in [-0.1, -0.05) is 59.2 Å². The molecule has 6 heteroatoms. The summed E-state index contributed by atoms with van der Waals surface area (Å²) >= 11 is 7.58. The topological polar surface area (TPSA) is 55.1 Å². The van der Waals surface area contributed by atoms with E-state index in [0.717, 1.165) is 11.1 Å². The Morgan fingerprint density at radius 2 is 2.00 bits per heavy atom. The van der Waals surface area contributed by atoms with Gasteiger partial charge in [-0.2, -0.15) is 0 Å². The molecule has 0 bridgehead atoms. The summed E-state index contributed by atoms with van der Waals surface area (Å²) in [5, 5.41) is 6.97. The summed E-state index contributed by atoms with van der Waals surface area (Å²) in [5.74, 6) is 1.61. The van der Waals surface area contributed by atoms with Gasteiger partial charge >= 0.3 is 0 Å². The first-order valence-corrected chi connectivity index (χ1v) is 9.19. The molecule has 1 atom stereocenters. The second-order valence-electron chi connectivity index (χ2n) is 5.54. The first-order valence-electron chi connectivity index (χ1n) is 7.77. The molecule has 128 valence electrons. The van der Waals surface area contributed by atoms with Crippen LogP contribution in [0.5, 0.6) is 0 Å².